The van der Waals surface area contributed by atoms with Crippen molar-refractivity contribution in [1.29, 1.82) is 0 Å². The SMILES string of the molecule is CC(NC(CN(C)C)C(C)C)c1ccn[nH]1. The van der Waals surface area contributed by atoms with Crippen LogP contribution in [0.15, 0.2) is 12.3 Å². The summed E-state index contributed by atoms with van der Waals surface area (Å²) in [4.78, 5) is 2.22. The molecule has 0 radical (unpaired) electrons. The molecule has 16 heavy (non-hydrogen) atoms. The molecule has 0 bridgehead atoms. The van der Waals surface area contributed by atoms with Crippen LogP contribution in [0.2, 0.25) is 0 Å². The maximum Gasteiger partial charge on any atom is 0.0518 e. The molecule has 4 nitrogen and oxygen atoms in total. The Balaban J connectivity index is 2.54. The highest BCUT2D eigenvalue weighted by Gasteiger charge is 2.17. The summed E-state index contributed by atoms with van der Waals surface area (Å²) in [7, 11) is 4.22. The minimum atomic E-state index is 0.315. The van der Waals surface area contributed by atoms with Gasteiger partial charge in [-0.05, 0) is 33.0 Å². The number of aromatic amines is 1. The van der Waals surface area contributed by atoms with E-state index in [0.717, 1.165) is 12.2 Å². The highest BCUT2D eigenvalue weighted by Crippen LogP contribution is 2.12. The molecule has 2 N–H and O–H groups in total. The van der Waals surface area contributed by atoms with Gasteiger partial charge in [0, 0.05) is 24.8 Å². The zero-order valence-corrected chi connectivity index (χ0v) is 11.0. The molecule has 2 atom stereocenters. The molecule has 0 aliphatic rings. The van der Waals surface area contributed by atoms with Gasteiger partial charge in [-0.2, -0.15) is 5.10 Å². The molecule has 0 saturated heterocycles. The summed E-state index contributed by atoms with van der Waals surface area (Å²) in [6.07, 6.45) is 1.80. The first-order valence-electron chi connectivity index (χ1n) is 5.90. The second kappa shape index (κ2) is 6.01. The standard InChI is InChI=1S/C12H24N4/c1-9(2)12(8-16(4)5)14-10(3)11-6-7-13-15-11/h6-7,9-10,12,14H,8H2,1-5H3,(H,13,15). The van der Waals surface area contributed by atoms with Gasteiger partial charge in [0.15, 0.2) is 0 Å². The van der Waals surface area contributed by atoms with E-state index >= 15 is 0 Å². The van der Waals surface area contributed by atoms with Crippen LogP contribution in [0.4, 0.5) is 0 Å². The minimum absolute atomic E-state index is 0.315. The summed E-state index contributed by atoms with van der Waals surface area (Å²) in [5, 5.41) is 10.6. The molecule has 4 heteroatoms. The minimum Gasteiger partial charge on any atom is -0.308 e. The monoisotopic (exact) mass is 224 g/mol. The fourth-order valence-corrected chi connectivity index (χ4v) is 1.77. The van der Waals surface area contributed by atoms with Crippen LogP contribution >= 0.6 is 0 Å². The molecule has 1 rings (SSSR count). The molecule has 0 amide bonds. The lowest BCUT2D eigenvalue weighted by Crippen LogP contribution is -2.43. The number of nitrogens with zero attached hydrogens (tertiary/aromatic N) is 2. The Morgan fingerprint density at radius 1 is 1.38 bits per heavy atom. The van der Waals surface area contributed by atoms with Gasteiger partial charge in [0.05, 0.1) is 5.69 Å². The van der Waals surface area contributed by atoms with E-state index in [1.807, 2.05) is 6.07 Å². The average molecular weight is 224 g/mol. The first-order chi connectivity index (χ1) is 7.50. The van der Waals surface area contributed by atoms with E-state index in [1.54, 1.807) is 6.20 Å². The van der Waals surface area contributed by atoms with Crippen molar-refractivity contribution in [2.75, 3.05) is 20.6 Å². The van der Waals surface area contributed by atoms with Crippen LogP contribution in [-0.4, -0.2) is 41.8 Å². The number of rotatable bonds is 6. The topological polar surface area (TPSA) is 44.0 Å². The first kappa shape index (κ1) is 13.2. The number of nitrogens with one attached hydrogen (secondary N) is 2. The zero-order chi connectivity index (χ0) is 12.1. The highest BCUT2D eigenvalue weighted by molar-refractivity contribution is 5.03. The van der Waals surface area contributed by atoms with Crippen LogP contribution in [0.1, 0.15) is 32.5 Å². The van der Waals surface area contributed by atoms with E-state index in [9.17, 15) is 0 Å². The van der Waals surface area contributed by atoms with Crippen LogP contribution in [-0.2, 0) is 0 Å². The summed E-state index contributed by atoms with van der Waals surface area (Å²) in [5.41, 5.74) is 1.14. The normalized spacial score (nSPS) is 15.7. The van der Waals surface area contributed by atoms with Crippen molar-refractivity contribution >= 4 is 0 Å². The van der Waals surface area contributed by atoms with Gasteiger partial charge in [-0.3, -0.25) is 5.10 Å². The van der Waals surface area contributed by atoms with Crippen molar-refractivity contribution in [3.63, 3.8) is 0 Å². The van der Waals surface area contributed by atoms with Crippen molar-refractivity contribution in [2.24, 2.45) is 5.92 Å². The molecular weight excluding hydrogens is 200 g/mol. The third kappa shape index (κ3) is 3.94. The summed E-state index contributed by atoms with van der Waals surface area (Å²) in [5.74, 6) is 0.618. The molecule has 0 fully saturated rings. The smallest absolute Gasteiger partial charge is 0.0518 e. The molecule has 0 aliphatic heterocycles. The Hall–Kier alpha value is -0.870. The Bertz CT molecular complexity index is 279. The number of aromatic nitrogens is 2. The quantitative estimate of drug-likeness (QED) is 0.772. The fourth-order valence-electron chi connectivity index (χ4n) is 1.77. The van der Waals surface area contributed by atoms with Crippen molar-refractivity contribution < 1.29 is 0 Å². The third-order valence-electron chi connectivity index (χ3n) is 2.82. The lowest BCUT2D eigenvalue weighted by Gasteiger charge is -2.28. The van der Waals surface area contributed by atoms with Crippen LogP contribution in [0, 0.1) is 5.92 Å². The molecular formula is C12H24N4. The summed E-state index contributed by atoms with van der Waals surface area (Å²) in [6, 6.07) is 2.83. The number of H-pyrrole nitrogens is 1. The van der Waals surface area contributed by atoms with Gasteiger partial charge in [0.2, 0.25) is 0 Å². The van der Waals surface area contributed by atoms with E-state index in [0.29, 0.717) is 18.0 Å². The predicted molar refractivity (Wildman–Crippen MR) is 67.3 cm³/mol. The van der Waals surface area contributed by atoms with Gasteiger partial charge in [-0.1, -0.05) is 13.8 Å². The van der Waals surface area contributed by atoms with Crippen molar-refractivity contribution in [2.45, 2.75) is 32.9 Å². The number of hydrogen-bond donors (Lipinski definition) is 2. The third-order valence-corrected chi connectivity index (χ3v) is 2.82. The van der Waals surface area contributed by atoms with Crippen LogP contribution in [0.5, 0.6) is 0 Å². The van der Waals surface area contributed by atoms with Gasteiger partial charge in [-0.25, -0.2) is 0 Å². The average Bonchev–Trinajstić information content (AvgIpc) is 2.68. The van der Waals surface area contributed by atoms with Gasteiger partial charge in [0.25, 0.3) is 0 Å². The maximum atomic E-state index is 3.98. The van der Waals surface area contributed by atoms with E-state index in [4.69, 9.17) is 0 Å². The fraction of sp³-hybridized carbons (Fsp3) is 0.750. The Morgan fingerprint density at radius 3 is 2.50 bits per heavy atom. The number of likely N-dealkylation sites (N-methyl/N-ethyl adjacent to an activating group) is 1. The molecule has 2 unspecified atom stereocenters. The van der Waals surface area contributed by atoms with Crippen LogP contribution in [0.3, 0.4) is 0 Å². The second-order valence-corrected chi connectivity index (χ2v) is 5.01. The van der Waals surface area contributed by atoms with Gasteiger partial charge in [-0.15, -0.1) is 0 Å². The molecule has 0 aromatic carbocycles. The summed E-state index contributed by atoms with van der Waals surface area (Å²) >= 11 is 0. The molecule has 92 valence electrons. The van der Waals surface area contributed by atoms with Crippen molar-refractivity contribution in [3.05, 3.63) is 18.0 Å². The molecule has 0 aliphatic carbocycles. The molecule has 1 heterocycles. The van der Waals surface area contributed by atoms with Crippen LogP contribution in [0.25, 0.3) is 0 Å². The summed E-state index contributed by atoms with van der Waals surface area (Å²) in [6.45, 7) is 7.72. The Morgan fingerprint density at radius 2 is 2.06 bits per heavy atom. The molecule has 1 aromatic rings. The Labute approximate surface area is 98.4 Å². The molecule has 0 spiro atoms. The highest BCUT2D eigenvalue weighted by atomic mass is 15.1. The first-order valence-corrected chi connectivity index (χ1v) is 5.90. The van der Waals surface area contributed by atoms with Gasteiger partial charge >= 0.3 is 0 Å². The molecule has 1 aromatic heterocycles. The zero-order valence-electron chi connectivity index (χ0n) is 11.0. The van der Waals surface area contributed by atoms with E-state index in [1.165, 1.54) is 0 Å². The molecule has 0 saturated carbocycles. The van der Waals surface area contributed by atoms with E-state index < -0.39 is 0 Å². The second-order valence-electron chi connectivity index (χ2n) is 5.01. The maximum absolute atomic E-state index is 3.98. The van der Waals surface area contributed by atoms with E-state index in [2.05, 4.69) is 55.3 Å². The lowest BCUT2D eigenvalue weighted by molar-refractivity contribution is 0.272. The van der Waals surface area contributed by atoms with Crippen LogP contribution < -0.4 is 5.32 Å². The van der Waals surface area contributed by atoms with Gasteiger partial charge in [0.1, 0.15) is 0 Å². The Kier molecular flexibility index (Phi) is 4.96. The number of hydrogen-bond acceptors (Lipinski definition) is 3. The van der Waals surface area contributed by atoms with Crippen molar-refractivity contribution in [1.82, 2.24) is 20.4 Å². The van der Waals surface area contributed by atoms with Gasteiger partial charge < -0.3 is 10.2 Å². The predicted octanol–water partition coefficient (Wildman–Crippen LogP) is 1.65. The summed E-state index contributed by atoms with van der Waals surface area (Å²) < 4.78 is 0. The van der Waals surface area contributed by atoms with Crippen molar-refractivity contribution in [3.8, 4) is 0 Å². The largest absolute Gasteiger partial charge is 0.308 e. The lowest BCUT2D eigenvalue weighted by atomic mass is 10.0. The van der Waals surface area contributed by atoms with E-state index in [-0.39, 0.29) is 0 Å².